The van der Waals surface area contributed by atoms with Crippen LogP contribution in [-0.4, -0.2) is 31.5 Å². The van der Waals surface area contributed by atoms with Gasteiger partial charge in [-0.3, -0.25) is 4.79 Å². The van der Waals surface area contributed by atoms with Crippen molar-refractivity contribution in [3.8, 4) is 5.75 Å². The molecule has 0 saturated heterocycles. The van der Waals surface area contributed by atoms with E-state index in [4.69, 9.17) is 4.74 Å². The first kappa shape index (κ1) is 15.0. The first-order valence-corrected chi connectivity index (χ1v) is 6.74. The maximum atomic E-state index is 13.6. The Hall–Kier alpha value is -2.36. The second-order valence-corrected chi connectivity index (χ2v) is 4.80. The van der Waals surface area contributed by atoms with Gasteiger partial charge < -0.3 is 9.64 Å². The number of carbonyl (C=O) groups is 1. The van der Waals surface area contributed by atoms with Gasteiger partial charge in [-0.25, -0.2) is 4.39 Å². The van der Waals surface area contributed by atoms with Gasteiger partial charge in [0.25, 0.3) is 5.91 Å². The molecule has 0 atom stereocenters. The zero-order valence-corrected chi connectivity index (χ0v) is 12.2. The van der Waals surface area contributed by atoms with Crippen molar-refractivity contribution in [3.63, 3.8) is 0 Å². The Morgan fingerprint density at radius 1 is 1.14 bits per heavy atom. The van der Waals surface area contributed by atoms with Crippen LogP contribution in [0.25, 0.3) is 0 Å². The lowest BCUT2D eigenvalue weighted by Gasteiger charge is -2.17. The summed E-state index contributed by atoms with van der Waals surface area (Å²) in [5.74, 6) is 0.00921. The predicted octanol–water partition coefficient (Wildman–Crippen LogP) is 3.15. The Bertz CT molecular complexity index is 610. The Balaban J connectivity index is 1.96. The number of methoxy groups -OCH3 is 1. The average molecular weight is 287 g/mol. The minimum Gasteiger partial charge on any atom is -0.497 e. The molecule has 0 aromatic heterocycles. The SMILES string of the molecule is COc1ccc(CCN(C)C(=O)c2ccccc2F)cc1. The number of rotatable bonds is 5. The van der Waals surface area contributed by atoms with Crippen molar-refractivity contribution >= 4 is 5.91 Å². The fourth-order valence-corrected chi connectivity index (χ4v) is 2.03. The van der Waals surface area contributed by atoms with Crippen LogP contribution in [0.15, 0.2) is 48.5 Å². The smallest absolute Gasteiger partial charge is 0.256 e. The fraction of sp³-hybridized carbons (Fsp3) is 0.235. The summed E-state index contributed by atoms with van der Waals surface area (Å²) < 4.78 is 18.7. The quantitative estimate of drug-likeness (QED) is 0.845. The Morgan fingerprint density at radius 3 is 2.43 bits per heavy atom. The summed E-state index contributed by atoms with van der Waals surface area (Å²) in [6.45, 7) is 0.527. The molecule has 0 aliphatic heterocycles. The Kier molecular flexibility index (Phi) is 4.93. The van der Waals surface area contributed by atoms with Gasteiger partial charge in [0.2, 0.25) is 0 Å². The lowest BCUT2D eigenvalue weighted by Crippen LogP contribution is -2.29. The Labute approximate surface area is 124 Å². The van der Waals surface area contributed by atoms with E-state index in [0.717, 1.165) is 11.3 Å². The van der Waals surface area contributed by atoms with E-state index in [1.165, 1.54) is 17.0 Å². The zero-order valence-electron chi connectivity index (χ0n) is 12.2. The number of likely N-dealkylation sites (N-methyl/N-ethyl adjacent to an activating group) is 1. The second kappa shape index (κ2) is 6.88. The number of carbonyl (C=O) groups excluding carboxylic acids is 1. The summed E-state index contributed by atoms with van der Waals surface area (Å²) in [6, 6.07) is 13.7. The third kappa shape index (κ3) is 3.81. The number of hydrogen-bond acceptors (Lipinski definition) is 2. The molecular weight excluding hydrogens is 269 g/mol. The molecule has 2 aromatic rings. The van der Waals surface area contributed by atoms with Crippen LogP contribution in [0.4, 0.5) is 4.39 Å². The van der Waals surface area contributed by atoms with Gasteiger partial charge in [-0.15, -0.1) is 0 Å². The molecule has 110 valence electrons. The van der Waals surface area contributed by atoms with Gasteiger partial charge in [0, 0.05) is 13.6 Å². The molecular formula is C17H18FNO2. The van der Waals surface area contributed by atoms with Gasteiger partial charge in [-0.05, 0) is 36.2 Å². The molecule has 4 heteroatoms. The van der Waals surface area contributed by atoms with Crippen molar-refractivity contribution in [2.24, 2.45) is 0 Å². The van der Waals surface area contributed by atoms with Crippen molar-refractivity contribution in [3.05, 3.63) is 65.5 Å². The molecule has 1 amide bonds. The molecule has 0 saturated carbocycles. The molecule has 3 nitrogen and oxygen atoms in total. The third-order valence-corrected chi connectivity index (χ3v) is 3.35. The monoisotopic (exact) mass is 287 g/mol. The first-order chi connectivity index (χ1) is 10.1. The maximum absolute atomic E-state index is 13.6. The molecule has 0 heterocycles. The van der Waals surface area contributed by atoms with E-state index in [0.29, 0.717) is 13.0 Å². The van der Waals surface area contributed by atoms with Gasteiger partial charge in [-0.1, -0.05) is 24.3 Å². The topological polar surface area (TPSA) is 29.5 Å². The zero-order chi connectivity index (χ0) is 15.2. The van der Waals surface area contributed by atoms with Gasteiger partial charge in [0.05, 0.1) is 12.7 Å². The van der Waals surface area contributed by atoms with Gasteiger partial charge in [0.15, 0.2) is 0 Å². The summed E-state index contributed by atoms with van der Waals surface area (Å²) in [4.78, 5) is 13.7. The van der Waals surface area contributed by atoms with E-state index < -0.39 is 5.82 Å². The predicted molar refractivity (Wildman–Crippen MR) is 80.1 cm³/mol. The lowest BCUT2D eigenvalue weighted by molar-refractivity contribution is 0.0792. The fourth-order valence-electron chi connectivity index (χ4n) is 2.03. The van der Waals surface area contributed by atoms with E-state index in [1.54, 1.807) is 26.3 Å². The van der Waals surface area contributed by atoms with E-state index >= 15 is 0 Å². The Morgan fingerprint density at radius 2 is 1.81 bits per heavy atom. The molecule has 0 aliphatic carbocycles. The number of benzene rings is 2. The van der Waals surface area contributed by atoms with Crippen LogP contribution in [0.2, 0.25) is 0 Å². The first-order valence-electron chi connectivity index (χ1n) is 6.74. The largest absolute Gasteiger partial charge is 0.497 e. The highest BCUT2D eigenvalue weighted by atomic mass is 19.1. The normalized spacial score (nSPS) is 10.2. The molecule has 0 unspecified atom stereocenters. The highest BCUT2D eigenvalue weighted by molar-refractivity contribution is 5.94. The molecule has 0 N–H and O–H groups in total. The van der Waals surface area contributed by atoms with E-state index in [-0.39, 0.29) is 11.5 Å². The highest BCUT2D eigenvalue weighted by Crippen LogP contribution is 2.13. The second-order valence-electron chi connectivity index (χ2n) is 4.80. The highest BCUT2D eigenvalue weighted by Gasteiger charge is 2.15. The van der Waals surface area contributed by atoms with Crippen LogP contribution in [-0.2, 0) is 6.42 Å². The minimum absolute atomic E-state index is 0.106. The number of amides is 1. The van der Waals surface area contributed by atoms with Crippen molar-refractivity contribution < 1.29 is 13.9 Å². The molecule has 0 fully saturated rings. The van der Waals surface area contributed by atoms with Crippen molar-refractivity contribution in [2.75, 3.05) is 20.7 Å². The van der Waals surface area contributed by atoms with Crippen LogP contribution in [0, 0.1) is 5.82 Å². The minimum atomic E-state index is -0.487. The maximum Gasteiger partial charge on any atom is 0.256 e. The average Bonchev–Trinajstić information content (AvgIpc) is 2.53. The molecule has 2 rings (SSSR count). The van der Waals surface area contributed by atoms with E-state index in [1.807, 2.05) is 24.3 Å². The molecule has 0 bridgehead atoms. The molecule has 2 aromatic carbocycles. The number of ether oxygens (including phenoxy) is 1. The van der Waals surface area contributed by atoms with Crippen LogP contribution < -0.4 is 4.74 Å². The van der Waals surface area contributed by atoms with Crippen LogP contribution in [0.3, 0.4) is 0 Å². The van der Waals surface area contributed by atoms with Gasteiger partial charge in [0.1, 0.15) is 11.6 Å². The van der Waals surface area contributed by atoms with Gasteiger partial charge >= 0.3 is 0 Å². The van der Waals surface area contributed by atoms with Crippen LogP contribution in [0.1, 0.15) is 15.9 Å². The van der Waals surface area contributed by atoms with Crippen LogP contribution >= 0.6 is 0 Å². The molecule has 0 radical (unpaired) electrons. The third-order valence-electron chi connectivity index (χ3n) is 3.35. The lowest BCUT2D eigenvalue weighted by atomic mass is 10.1. The van der Waals surface area contributed by atoms with Crippen molar-refractivity contribution in [2.45, 2.75) is 6.42 Å². The summed E-state index contributed by atoms with van der Waals surface area (Å²) in [5.41, 5.74) is 1.21. The number of nitrogens with zero attached hydrogens (tertiary/aromatic N) is 1. The van der Waals surface area contributed by atoms with Crippen molar-refractivity contribution in [1.29, 1.82) is 0 Å². The summed E-state index contributed by atoms with van der Waals surface area (Å²) >= 11 is 0. The molecule has 21 heavy (non-hydrogen) atoms. The van der Waals surface area contributed by atoms with E-state index in [9.17, 15) is 9.18 Å². The summed E-state index contributed by atoms with van der Waals surface area (Å²) in [6.07, 6.45) is 0.709. The van der Waals surface area contributed by atoms with E-state index in [2.05, 4.69) is 0 Å². The standard InChI is InChI=1S/C17H18FNO2/c1-19(17(20)15-5-3-4-6-16(15)18)12-11-13-7-9-14(21-2)10-8-13/h3-10H,11-12H2,1-2H3. The number of hydrogen-bond donors (Lipinski definition) is 0. The molecule has 0 aliphatic rings. The van der Waals surface area contributed by atoms with Gasteiger partial charge in [-0.2, -0.15) is 0 Å². The number of halogens is 1. The van der Waals surface area contributed by atoms with Crippen molar-refractivity contribution in [1.82, 2.24) is 4.90 Å². The summed E-state index contributed by atoms with van der Waals surface area (Å²) in [5, 5.41) is 0. The summed E-state index contributed by atoms with van der Waals surface area (Å²) in [7, 11) is 3.30. The molecule has 0 spiro atoms. The van der Waals surface area contributed by atoms with Crippen LogP contribution in [0.5, 0.6) is 5.75 Å².